The van der Waals surface area contributed by atoms with Gasteiger partial charge in [-0.05, 0) is 42.9 Å². The number of nitrogens with one attached hydrogen (secondary N) is 3. The van der Waals surface area contributed by atoms with E-state index >= 15 is 0 Å². The molecule has 38 heavy (non-hydrogen) atoms. The van der Waals surface area contributed by atoms with E-state index in [2.05, 4.69) is 36.7 Å². The van der Waals surface area contributed by atoms with Gasteiger partial charge in [0.25, 0.3) is 5.91 Å². The molecule has 3 aliphatic rings. The fourth-order valence-electron chi connectivity index (χ4n) is 6.07. The van der Waals surface area contributed by atoms with E-state index in [9.17, 15) is 34.8 Å². The highest BCUT2D eigenvalue weighted by Crippen LogP contribution is 2.52. The van der Waals surface area contributed by atoms with Crippen LogP contribution in [-0.2, 0) is 22.6 Å². The Morgan fingerprint density at radius 1 is 1.18 bits per heavy atom. The van der Waals surface area contributed by atoms with Crippen LogP contribution in [0.5, 0.6) is 5.75 Å². The van der Waals surface area contributed by atoms with Gasteiger partial charge in [-0.15, -0.1) is 0 Å². The molecule has 0 aliphatic heterocycles. The van der Waals surface area contributed by atoms with Crippen LogP contribution in [0.25, 0.3) is 0 Å². The average Bonchev–Trinajstić information content (AvgIpc) is 2.82. The molecule has 0 saturated heterocycles. The Hall–Kier alpha value is -3.41. The van der Waals surface area contributed by atoms with Crippen molar-refractivity contribution in [2.75, 3.05) is 26.0 Å². The molecular weight excluding hydrogens is 492 g/mol. The van der Waals surface area contributed by atoms with Crippen molar-refractivity contribution in [3.05, 3.63) is 45.4 Å². The zero-order chi connectivity index (χ0) is 28.3. The van der Waals surface area contributed by atoms with E-state index in [0.29, 0.717) is 23.4 Å². The standard InChI is InChI=1S/C27H36N4O7/c1-26(2,3)10-31-9-12-8-15(29-4)13-6-11-7-14-19(30-5)22(34)18(25(28)37)24(36)27(14,38)23(35)16(11)21(33)17(13)20(12)32/h8,11,14,19,29-32,34-35,38H,6-7,9-10H2,1-5H3,(H2,28,37)/t11?,14?,19-,27?/m0/s1. The lowest BCUT2D eigenvalue weighted by Gasteiger charge is -2.48. The van der Waals surface area contributed by atoms with Gasteiger partial charge in [0.05, 0.1) is 11.6 Å². The van der Waals surface area contributed by atoms with Gasteiger partial charge in [0, 0.05) is 42.9 Å². The van der Waals surface area contributed by atoms with E-state index in [-0.39, 0.29) is 41.7 Å². The van der Waals surface area contributed by atoms with Crippen LogP contribution in [0.1, 0.15) is 48.7 Å². The number of ketones is 2. The molecule has 11 heteroatoms. The van der Waals surface area contributed by atoms with Gasteiger partial charge in [0.15, 0.2) is 11.4 Å². The number of likely N-dealkylation sites (N-methyl/N-ethyl adjacent to an activating group) is 1. The van der Waals surface area contributed by atoms with E-state index in [0.717, 1.165) is 0 Å². The molecule has 0 aromatic heterocycles. The number of aromatic hydroxyl groups is 1. The lowest BCUT2D eigenvalue weighted by Crippen LogP contribution is -2.63. The van der Waals surface area contributed by atoms with Crippen LogP contribution in [0.3, 0.4) is 0 Å². The number of carbonyl (C=O) groups excluding carboxylic acids is 3. The number of allylic oxidation sites excluding steroid dienone is 1. The predicted molar refractivity (Wildman–Crippen MR) is 140 cm³/mol. The van der Waals surface area contributed by atoms with Gasteiger partial charge in [-0.1, -0.05) is 20.8 Å². The Morgan fingerprint density at radius 3 is 2.39 bits per heavy atom. The minimum Gasteiger partial charge on any atom is -0.510 e. The van der Waals surface area contributed by atoms with Crippen molar-refractivity contribution in [3.8, 4) is 5.75 Å². The Labute approximate surface area is 220 Å². The van der Waals surface area contributed by atoms with Gasteiger partial charge in [-0.25, -0.2) is 0 Å². The van der Waals surface area contributed by atoms with Crippen LogP contribution in [0, 0.1) is 17.3 Å². The molecule has 4 atom stereocenters. The normalized spacial score (nSPS) is 27.2. The first-order valence-corrected chi connectivity index (χ1v) is 12.6. The number of aliphatic hydroxyl groups is 3. The molecule has 1 amide bonds. The zero-order valence-electron chi connectivity index (χ0n) is 22.2. The fourth-order valence-corrected chi connectivity index (χ4v) is 6.07. The molecule has 206 valence electrons. The molecule has 0 saturated carbocycles. The summed E-state index contributed by atoms with van der Waals surface area (Å²) in [4.78, 5) is 39.2. The third kappa shape index (κ3) is 4.05. The molecule has 0 bridgehead atoms. The molecule has 3 unspecified atom stereocenters. The summed E-state index contributed by atoms with van der Waals surface area (Å²) in [6.45, 7) is 7.14. The zero-order valence-corrected chi connectivity index (χ0v) is 22.2. The molecule has 9 N–H and O–H groups in total. The van der Waals surface area contributed by atoms with Crippen LogP contribution in [0.4, 0.5) is 5.69 Å². The Bertz CT molecular complexity index is 1290. The van der Waals surface area contributed by atoms with Crippen molar-refractivity contribution in [3.63, 3.8) is 0 Å². The number of nitrogens with two attached hydrogens (primary N) is 1. The second-order valence-electron chi connectivity index (χ2n) is 11.5. The number of phenols is 1. The second-order valence-corrected chi connectivity index (χ2v) is 11.5. The number of phenolic OH excluding ortho intramolecular Hbond substituents is 1. The minimum atomic E-state index is -2.66. The number of Topliss-reactive ketones (excluding diaryl/α,β-unsaturated/α-hetero) is 2. The number of rotatable bonds is 6. The van der Waals surface area contributed by atoms with E-state index in [4.69, 9.17) is 5.73 Å². The van der Waals surface area contributed by atoms with Crippen LogP contribution in [0.2, 0.25) is 0 Å². The lowest BCUT2D eigenvalue weighted by molar-refractivity contribution is -0.146. The third-order valence-electron chi connectivity index (χ3n) is 7.83. The van der Waals surface area contributed by atoms with Gasteiger partial charge in [0.1, 0.15) is 22.8 Å². The summed E-state index contributed by atoms with van der Waals surface area (Å²) in [6, 6.07) is 0.702. The first-order valence-electron chi connectivity index (χ1n) is 12.6. The highest BCUT2D eigenvalue weighted by molar-refractivity contribution is 6.24. The molecular formula is C27H36N4O7. The SMILES string of the molecule is CNc1cc(CNCC(C)(C)C)c(O)c2c1CC1CC3[C@H](NC)C(O)=C(C(N)=O)C(=O)C3(O)C(O)=C1C2=O. The highest BCUT2D eigenvalue weighted by atomic mass is 16.3. The van der Waals surface area contributed by atoms with Gasteiger partial charge in [0.2, 0.25) is 5.78 Å². The van der Waals surface area contributed by atoms with E-state index in [1.54, 1.807) is 13.1 Å². The lowest BCUT2D eigenvalue weighted by atomic mass is 9.58. The topological polar surface area (TPSA) is 194 Å². The monoisotopic (exact) mass is 528 g/mol. The van der Waals surface area contributed by atoms with Crippen molar-refractivity contribution < 1.29 is 34.8 Å². The molecule has 0 fully saturated rings. The minimum absolute atomic E-state index is 0.00618. The quantitative estimate of drug-likeness (QED) is 0.195. The largest absolute Gasteiger partial charge is 0.510 e. The van der Waals surface area contributed by atoms with Crippen LogP contribution < -0.4 is 21.7 Å². The van der Waals surface area contributed by atoms with Crippen molar-refractivity contribution >= 4 is 23.2 Å². The van der Waals surface area contributed by atoms with Gasteiger partial charge >= 0.3 is 0 Å². The van der Waals surface area contributed by atoms with E-state index < -0.39 is 58.0 Å². The molecule has 1 aromatic carbocycles. The summed E-state index contributed by atoms with van der Waals surface area (Å²) in [7, 11) is 3.18. The Morgan fingerprint density at radius 2 is 1.84 bits per heavy atom. The summed E-state index contributed by atoms with van der Waals surface area (Å²) in [5.41, 5.74) is 3.30. The van der Waals surface area contributed by atoms with Crippen molar-refractivity contribution in [2.45, 2.75) is 51.8 Å². The summed E-state index contributed by atoms with van der Waals surface area (Å²) >= 11 is 0. The smallest absolute Gasteiger partial charge is 0.255 e. The van der Waals surface area contributed by atoms with Gasteiger partial charge in [-0.2, -0.15) is 0 Å². The molecule has 11 nitrogen and oxygen atoms in total. The molecule has 3 aliphatic carbocycles. The number of amides is 1. The van der Waals surface area contributed by atoms with Crippen molar-refractivity contribution in [2.24, 2.45) is 23.0 Å². The summed E-state index contributed by atoms with van der Waals surface area (Å²) in [5, 5.41) is 53.9. The maximum absolute atomic E-state index is 13.9. The average molecular weight is 529 g/mol. The number of hydrogen-bond donors (Lipinski definition) is 8. The number of carbonyl (C=O) groups is 3. The van der Waals surface area contributed by atoms with E-state index in [1.807, 2.05) is 0 Å². The first kappa shape index (κ1) is 27.6. The number of anilines is 1. The Balaban J connectivity index is 1.85. The van der Waals surface area contributed by atoms with Crippen molar-refractivity contribution in [1.29, 1.82) is 0 Å². The maximum Gasteiger partial charge on any atom is 0.255 e. The molecule has 0 radical (unpaired) electrons. The summed E-state index contributed by atoms with van der Waals surface area (Å²) in [5.74, 6) is -6.67. The van der Waals surface area contributed by atoms with Crippen LogP contribution in [-0.4, -0.2) is 70.2 Å². The molecule has 0 spiro atoms. The third-order valence-corrected chi connectivity index (χ3v) is 7.83. The Kier molecular flexibility index (Phi) is 6.84. The first-order chi connectivity index (χ1) is 17.7. The highest BCUT2D eigenvalue weighted by Gasteiger charge is 2.62. The van der Waals surface area contributed by atoms with Crippen LogP contribution in [0.15, 0.2) is 28.7 Å². The van der Waals surface area contributed by atoms with E-state index in [1.165, 1.54) is 7.05 Å². The number of fused-ring (bicyclic) bond motifs is 3. The second kappa shape index (κ2) is 9.40. The summed E-state index contributed by atoms with van der Waals surface area (Å²) < 4.78 is 0. The summed E-state index contributed by atoms with van der Waals surface area (Å²) in [6.07, 6.45) is 0.261. The fraction of sp³-hybridized carbons (Fsp3) is 0.519. The van der Waals surface area contributed by atoms with Crippen LogP contribution >= 0.6 is 0 Å². The predicted octanol–water partition coefficient (Wildman–Crippen LogP) is 0.956. The number of benzene rings is 1. The van der Waals surface area contributed by atoms with Crippen molar-refractivity contribution in [1.82, 2.24) is 10.6 Å². The number of hydrogen-bond acceptors (Lipinski definition) is 10. The van der Waals surface area contributed by atoms with Gasteiger partial charge in [-0.3, -0.25) is 14.4 Å². The number of primary amides is 1. The van der Waals surface area contributed by atoms with Gasteiger partial charge < -0.3 is 42.1 Å². The molecule has 1 aromatic rings. The molecule has 0 heterocycles. The number of aliphatic hydroxyl groups excluding tert-OH is 2. The maximum atomic E-state index is 13.9. The molecule has 4 rings (SSSR count).